The minimum absolute atomic E-state index is 0. The predicted octanol–water partition coefficient (Wildman–Crippen LogP) is -2.14. The van der Waals surface area contributed by atoms with Gasteiger partial charge in [0.05, 0.1) is 6.04 Å². The van der Waals surface area contributed by atoms with Gasteiger partial charge in [0.25, 0.3) is 5.91 Å². The Morgan fingerprint density at radius 2 is 1.93 bits per heavy atom. The van der Waals surface area contributed by atoms with Crippen molar-refractivity contribution >= 4 is 29.6 Å². The molecule has 3 aliphatic heterocycles. The second kappa shape index (κ2) is 8.29. The number of carboxylic acids is 1. The molecular weight excluding hydrogens is 405 g/mol. The molecular formula is C19H20N3NaO7. The molecule has 11 heteroatoms. The molecule has 0 aliphatic carbocycles. The summed E-state index contributed by atoms with van der Waals surface area (Å²) in [6.07, 6.45) is -0.470. The number of hydrogen-bond acceptors (Lipinski definition) is 6. The summed E-state index contributed by atoms with van der Waals surface area (Å²) in [6, 6.07) is 4.82. The van der Waals surface area contributed by atoms with Crippen LogP contribution in [-0.4, -0.2) is 69.1 Å². The zero-order chi connectivity index (χ0) is 20.9. The van der Waals surface area contributed by atoms with Crippen LogP contribution in [0.25, 0.3) is 0 Å². The quantitative estimate of drug-likeness (QED) is 0.284. The average Bonchev–Trinajstić information content (AvgIpc) is 3.04. The van der Waals surface area contributed by atoms with Gasteiger partial charge in [-0.05, 0) is 36.3 Å². The molecule has 0 aromatic heterocycles. The number of aliphatic carboxylic acids is 1. The minimum Gasteiger partial charge on any atom is -1.00 e. The standard InChI is InChI=1S/C19H19N3O7.Na.H/c1-9(23)21-7-10-6-11(15(18(26)27)22-14(10)16(21)17(22)25)8-29-19(28)20-12-2-4-13(24)5-3-12;;/h2-5,10,14,16,24H,6-8H2,1H3,(H,20,28)(H,26,27);;/q;+1;-1/t10-,14-,16+;;/m1../s1. The maximum Gasteiger partial charge on any atom is 1.00 e. The van der Waals surface area contributed by atoms with Crippen molar-refractivity contribution in [1.29, 1.82) is 0 Å². The van der Waals surface area contributed by atoms with Crippen LogP contribution in [0.5, 0.6) is 5.75 Å². The number of ether oxygens (including phenoxy) is 1. The fourth-order valence-corrected chi connectivity index (χ4v) is 4.34. The predicted molar refractivity (Wildman–Crippen MR) is 98.8 cm³/mol. The zero-order valence-corrected chi connectivity index (χ0v) is 18.5. The first-order valence-electron chi connectivity index (χ1n) is 9.06. The molecule has 4 rings (SSSR count). The number of carbonyl (C=O) groups is 4. The van der Waals surface area contributed by atoms with E-state index in [0.717, 1.165) is 0 Å². The van der Waals surface area contributed by atoms with Crippen LogP contribution < -0.4 is 34.9 Å². The van der Waals surface area contributed by atoms with Gasteiger partial charge < -0.3 is 21.3 Å². The second-order valence-corrected chi connectivity index (χ2v) is 7.28. The Hall–Kier alpha value is -2.56. The molecule has 0 unspecified atom stereocenters. The van der Waals surface area contributed by atoms with E-state index in [2.05, 4.69) is 5.32 Å². The number of β-lactam (4-membered cyclic amide) rings is 1. The molecule has 0 saturated carbocycles. The van der Waals surface area contributed by atoms with Gasteiger partial charge in [-0.25, -0.2) is 9.59 Å². The van der Waals surface area contributed by atoms with Crippen molar-refractivity contribution in [3.05, 3.63) is 35.5 Å². The third kappa shape index (κ3) is 3.66. The van der Waals surface area contributed by atoms with E-state index in [1.165, 1.54) is 41.0 Å². The molecule has 30 heavy (non-hydrogen) atoms. The van der Waals surface area contributed by atoms with Crippen molar-refractivity contribution in [2.24, 2.45) is 5.92 Å². The first-order valence-corrected chi connectivity index (χ1v) is 9.06. The van der Waals surface area contributed by atoms with Crippen LogP contribution in [0.2, 0.25) is 0 Å². The van der Waals surface area contributed by atoms with E-state index in [1.54, 1.807) is 0 Å². The Bertz CT molecular complexity index is 952. The van der Waals surface area contributed by atoms with E-state index in [-0.39, 0.29) is 66.9 Å². The van der Waals surface area contributed by atoms with Gasteiger partial charge in [0.2, 0.25) is 5.91 Å². The van der Waals surface area contributed by atoms with Crippen molar-refractivity contribution in [1.82, 2.24) is 9.80 Å². The SMILES string of the molecule is CC(=O)N1C[C@H]2CC(COC(=O)Nc3ccc(O)cc3)=C(C(=O)O)N3C(=O)[C@@H]1[C@@H]23.[H-].[Na+]. The van der Waals surface area contributed by atoms with Gasteiger partial charge in [0.15, 0.2) is 0 Å². The first kappa shape index (κ1) is 22.1. The first-order chi connectivity index (χ1) is 13.8. The van der Waals surface area contributed by atoms with Crippen LogP contribution in [0.15, 0.2) is 35.5 Å². The van der Waals surface area contributed by atoms with E-state index < -0.39 is 24.0 Å². The van der Waals surface area contributed by atoms with Crippen molar-refractivity contribution in [3.8, 4) is 5.75 Å². The number of rotatable bonds is 4. The number of hydrogen-bond donors (Lipinski definition) is 3. The molecule has 2 saturated heterocycles. The Balaban J connectivity index is 0.00000171. The van der Waals surface area contributed by atoms with E-state index >= 15 is 0 Å². The molecule has 3 heterocycles. The summed E-state index contributed by atoms with van der Waals surface area (Å²) in [6.45, 7) is 1.46. The summed E-state index contributed by atoms with van der Waals surface area (Å²) in [4.78, 5) is 50.9. The van der Waals surface area contributed by atoms with Crippen molar-refractivity contribution in [2.75, 3.05) is 18.5 Å². The van der Waals surface area contributed by atoms with Crippen LogP contribution in [0.1, 0.15) is 14.8 Å². The number of carboxylic acid groups (broad SMARTS) is 1. The zero-order valence-electron chi connectivity index (χ0n) is 17.5. The normalized spacial score (nSPS) is 23.9. The number of nitrogens with one attached hydrogen (secondary N) is 1. The average molecular weight is 425 g/mol. The van der Waals surface area contributed by atoms with Gasteiger partial charge in [-0.3, -0.25) is 19.8 Å². The van der Waals surface area contributed by atoms with Crippen LogP contribution in [0, 0.1) is 5.92 Å². The molecule has 0 spiro atoms. The second-order valence-electron chi connectivity index (χ2n) is 7.28. The third-order valence-corrected chi connectivity index (χ3v) is 5.54. The topological polar surface area (TPSA) is 136 Å². The fraction of sp³-hybridized carbons (Fsp3) is 0.368. The number of aromatic hydroxyl groups is 1. The maximum absolute atomic E-state index is 12.5. The Morgan fingerprint density at radius 1 is 1.27 bits per heavy atom. The molecule has 3 aliphatic rings. The van der Waals surface area contributed by atoms with Crippen LogP contribution in [0.4, 0.5) is 10.5 Å². The summed E-state index contributed by atoms with van der Waals surface area (Å²) in [5.74, 6) is -1.96. The van der Waals surface area contributed by atoms with Gasteiger partial charge in [0.1, 0.15) is 24.1 Å². The molecule has 0 bridgehead atoms. The number of likely N-dealkylation sites (tertiary alicyclic amines) is 1. The third-order valence-electron chi connectivity index (χ3n) is 5.54. The van der Waals surface area contributed by atoms with Gasteiger partial charge in [-0.15, -0.1) is 0 Å². The number of nitrogens with zero attached hydrogens (tertiary/aromatic N) is 2. The molecule has 3 amide bonds. The Kier molecular flexibility index (Phi) is 6.11. The van der Waals surface area contributed by atoms with Crippen molar-refractivity contribution in [3.63, 3.8) is 0 Å². The van der Waals surface area contributed by atoms with Crippen molar-refractivity contribution < 1.29 is 65.1 Å². The van der Waals surface area contributed by atoms with E-state index in [0.29, 0.717) is 24.2 Å². The van der Waals surface area contributed by atoms with Gasteiger partial charge in [-0.1, -0.05) is 0 Å². The largest absolute Gasteiger partial charge is 1.00 e. The smallest absolute Gasteiger partial charge is 1.00 e. The van der Waals surface area contributed by atoms with Crippen LogP contribution in [-0.2, 0) is 19.1 Å². The summed E-state index contributed by atoms with van der Waals surface area (Å²) < 4.78 is 5.17. The van der Waals surface area contributed by atoms with Crippen LogP contribution >= 0.6 is 0 Å². The molecule has 154 valence electrons. The number of phenols is 1. The molecule has 1 aromatic carbocycles. The van der Waals surface area contributed by atoms with Crippen LogP contribution in [0.3, 0.4) is 0 Å². The number of anilines is 1. The molecule has 0 radical (unpaired) electrons. The van der Waals surface area contributed by atoms with Gasteiger partial charge >= 0.3 is 41.6 Å². The summed E-state index contributed by atoms with van der Waals surface area (Å²) in [7, 11) is 0. The van der Waals surface area contributed by atoms with E-state index in [9.17, 15) is 29.4 Å². The summed E-state index contributed by atoms with van der Waals surface area (Å²) >= 11 is 0. The van der Waals surface area contributed by atoms with Gasteiger partial charge in [-0.2, -0.15) is 0 Å². The minimum atomic E-state index is -1.27. The summed E-state index contributed by atoms with van der Waals surface area (Å²) in [5.41, 5.74) is 0.560. The molecule has 3 atom stereocenters. The van der Waals surface area contributed by atoms with E-state index in [1.807, 2.05) is 0 Å². The van der Waals surface area contributed by atoms with Crippen molar-refractivity contribution in [2.45, 2.75) is 25.4 Å². The molecule has 3 N–H and O–H groups in total. The molecule has 1 aromatic rings. The van der Waals surface area contributed by atoms with E-state index in [4.69, 9.17) is 4.74 Å². The Morgan fingerprint density at radius 3 is 2.53 bits per heavy atom. The monoisotopic (exact) mass is 425 g/mol. The number of phenolic OH excluding ortho intramolecular Hbond substituents is 1. The molecule has 2 fully saturated rings. The molecule has 10 nitrogen and oxygen atoms in total. The maximum atomic E-state index is 12.5. The number of carbonyl (C=O) groups excluding carboxylic acids is 3. The Labute approximate surface area is 195 Å². The van der Waals surface area contributed by atoms with Gasteiger partial charge in [0, 0.05) is 25.1 Å². The fourth-order valence-electron chi connectivity index (χ4n) is 4.34. The summed E-state index contributed by atoms with van der Waals surface area (Å²) in [5, 5.41) is 21.4. The number of benzene rings is 1. The number of amides is 3.